The van der Waals surface area contributed by atoms with Crippen molar-refractivity contribution in [1.82, 2.24) is 0 Å². The quantitative estimate of drug-likeness (QED) is 0.465. The number of unbranched alkanes of at least 4 members (excludes halogenated alkanes) is 1. The maximum absolute atomic E-state index is 11.0. The summed E-state index contributed by atoms with van der Waals surface area (Å²) in [4.78, 5) is 11.0. The van der Waals surface area contributed by atoms with Crippen molar-refractivity contribution in [1.29, 1.82) is 0 Å². The second kappa shape index (κ2) is 5.11. The van der Waals surface area contributed by atoms with Crippen molar-refractivity contribution in [2.24, 2.45) is 0 Å². The second-order valence-corrected chi connectivity index (χ2v) is 2.59. The van der Waals surface area contributed by atoms with Crippen LogP contribution in [-0.4, -0.2) is 32.1 Å². The van der Waals surface area contributed by atoms with Gasteiger partial charge in [-0.1, -0.05) is 13.3 Å². The first-order chi connectivity index (χ1) is 5.84. The molecule has 0 spiro atoms. The first-order valence-electron chi connectivity index (χ1n) is 4.24. The van der Waals surface area contributed by atoms with Crippen LogP contribution in [0.25, 0.3) is 0 Å². The Hall–Kier alpha value is -0.610. The van der Waals surface area contributed by atoms with Crippen molar-refractivity contribution in [2.75, 3.05) is 19.8 Å². The molecule has 0 unspecified atom stereocenters. The molecule has 70 valence electrons. The minimum absolute atomic E-state index is 0.402. The number of ether oxygens (including phenoxy) is 3. The number of rotatable bonds is 4. The van der Waals surface area contributed by atoms with E-state index in [1.807, 2.05) is 6.92 Å². The Bertz CT molecular complexity index is 140. The van der Waals surface area contributed by atoms with Crippen molar-refractivity contribution in [3.63, 3.8) is 0 Å². The third kappa shape index (κ3) is 2.79. The summed E-state index contributed by atoms with van der Waals surface area (Å²) in [6, 6.07) is 0. The summed E-state index contributed by atoms with van der Waals surface area (Å²) in [6.07, 6.45) is 1.12. The van der Waals surface area contributed by atoms with E-state index < -0.39 is 12.3 Å². The SMILES string of the molecule is CCCCOC(=O)C1OCCO1. The molecule has 0 amide bonds. The lowest BCUT2D eigenvalue weighted by Gasteiger charge is -2.07. The summed E-state index contributed by atoms with van der Waals surface area (Å²) in [5.41, 5.74) is 0. The van der Waals surface area contributed by atoms with E-state index in [0.29, 0.717) is 19.8 Å². The number of hydrogen-bond acceptors (Lipinski definition) is 4. The number of esters is 1. The zero-order valence-corrected chi connectivity index (χ0v) is 7.25. The van der Waals surface area contributed by atoms with E-state index in [1.54, 1.807) is 0 Å². The van der Waals surface area contributed by atoms with Crippen molar-refractivity contribution < 1.29 is 19.0 Å². The molecule has 1 fully saturated rings. The predicted molar refractivity (Wildman–Crippen MR) is 41.6 cm³/mol. The molecule has 12 heavy (non-hydrogen) atoms. The molecule has 1 heterocycles. The Kier molecular flexibility index (Phi) is 4.04. The van der Waals surface area contributed by atoms with Crippen LogP contribution in [0.1, 0.15) is 19.8 Å². The van der Waals surface area contributed by atoms with Crippen LogP contribution in [0.2, 0.25) is 0 Å². The topological polar surface area (TPSA) is 44.8 Å². The van der Waals surface area contributed by atoms with E-state index in [-0.39, 0.29) is 0 Å². The van der Waals surface area contributed by atoms with Gasteiger partial charge in [0.15, 0.2) is 0 Å². The lowest BCUT2D eigenvalue weighted by Crippen LogP contribution is -2.24. The van der Waals surface area contributed by atoms with Crippen LogP contribution in [0, 0.1) is 0 Å². The van der Waals surface area contributed by atoms with Gasteiger partial charge in [0, 0.05) is 0 Å². The van der Waals surface area contributed by atoms with Crippen LogP contribution < -0.4 is 0 Å². The van der Waals surface area contributed by atoms with Gasteiger partial charge in [-0.3, -0.25) is 0 Å². The van der Waals surface area contributed by atoms with Gasteiger partial charge in [-0.05, 0) is 6.42 Å². The van der Waals surface area contributed by atoms with E-state index in [4.69, 9.17) is 14.2 Å². The normalized spacial score (nSPS) is 18.1. The van der Waals surface area contributed by atoms with Gasteiger partial charge in [0.1, 0.15) is 0 Å². The van der Waals surface area contributed by atoms with Gasteiger partial charge in [0.05, 0.1) is 19.8 Å². The van der Waals surface area contributed by atoms with Crippen molar-refractivity contribution in [3.05, 3.63) is 0 Å². The minimum atomic E-state index is -0.776. The highest BCUT2D eigenvalue weighted by atomic mass is 16.7. The fourth-order valence-electron chi connectivity index (χ4n) is 0.880. The zero-order chi connectivity index (χ0) is 8.81. The Morgan fingerprint density at radius 2 is 2.17 bits per heavy atom. The first kappa shape index (κ1) is 9.48. The van der Waals surface area contributed by atoms with Crippen LogP contribution in [0.4, 0.5) is 0 Å². The summed E-state index contributed by atoms with van der Waals surface area (Å²) in [6.45, 7) is 3.45. The van der Waals surface area contributed by atoms with Gasteiger partial charge in [-0.2, -0.15) is 0 Å². The average Bonchev–Trinajstić information content (AvgIpc) is 2.56. The summed E-state index contributed by atoms with van der Waals surface area (Å²) < 4.78 is 14.8. The maximum Gasteiger partial charge on any atom is 0.363 e. The van der Waals surface area contributed by atoms with Gasteiger partial charge >= 0.3 is 5.97 Å². The largest absolute Gasteiger partial charge is 0.462 e. The van der Waals surface area contributed by atoms with Crippen molar-refractivity contribution in [3.8, 4) is 0 Å². The molecule has 0 N–H and O–H groups in total. The highest BCUT2D eigenvalue weighted by Gasteiger charge is 2.25. The van der Waals surface area contributed by atoms with E-state index in [9.17, 15) is 4.79 Å². The van der Waals surface area contributed by atoms with Gasteiger partial charge in [0.25, 0.3) is 6.29 Å². The lowest BCUT2D eigenvalue weighted by molar-refractivity contribution is -0.172. The van der Waals surface area contributed by atoms with Gasteiger partial charge < -0.3 is 14.2 Å². The molecule has 0 radical (unpaired) electrons. The van der Waals surface area contributed by atoms with Gasteiger partial charge in [-0.25, -0.2) is 4.79 Å². The van der Waals surface area contributed by atoms with E-state index in [2.05, 4.69) is 0 Å². The molecule has 0 aromatic heterocycles. The summed E-state index contributed by atoms with van der Waals surface area (Å²) in [5.74, 6) is -0.402. The summed E-state index contributed by atoms with van der Waals surface area (Å²) in [5, 5.41) is 0. The van der Waals surface area contributed by atoms with Crippen molar-refractivity contribution in [2.45, 2.75) is 26.1 Å². The zero-order valence-electron chi connectivity index (χ0n) is 7.25. The van der Waals surface area contributed by atoms with Crippen molar-refractivity contribution >= 4 is 5.97 Å². The Morgan fingerprint density at radius 1 is 1.50 bits per heavy atom. The lowest BCUT2D eigenvalue weighted by atomic mass is 10.4. The second-order valence-electron chi connectivity index (χ2n) is 2.59. The molecular formula is C8H14O4. The Labute approximate surface area is 71.8 Å². The molecule has 0 bridgehead atoms. The number of hydrogen-bond donors (Lipinski definition) is 0. The highest BCUT2D eigenvalue weighted by Crippen LogP contribution is 2.05. The Morgan fingerprint density at radius 3 is 2.75 bits per heavy atom. The third-order valence-electron chi connectivity index (χ3n) is 1.56. The predicted octanol–water partition coefficient (Wildman–Crippen LogP) is 0.703. The van der Waals surface area contributed by atoms with E-state index in [1.165, 1.54) is 0 Å². The smallest absolute Gasteiger partial charge is 0.363 e. The Balaban J connectivity index is 2.10. The summed E-state index contributed by atoms with van der Waals surface area (Å²) >= 11 is 0. The maximum atomic E-state index is 11.0. The minimum Gasteiger partial charge on any atom is -0.462 e. The molecule has 4 heteroatoms. The molecule has 4 nitrogen and oxygen atoms in total. The van der Waals surface area contributed by atoms with Crippen LogP contribution in [0.3, 0.4) is 0 Å². The molecule has 0 aromatic carbocycles. The first-order valence-corrected chi connectivity index (χ1v) is 4.24. The molecule has 1 saturated heterocycles. The molecule has 0 saturated carbocycles. The fraction of sp³-hybridized carbons (Fsp3) is 0.875. The number of carbonyl (C=O) groups is 1. The van der Waals surface area contributed by atoms with Gasteiger partial charge in [-0.15, -0.1) is 0 Å². The average molecular weight is 174 g/mol. The van der Waals surface area contributed by atoms with E-state index in [0.717, 1.165) is 12.8 Å². The molecule has 0 aromatic rings. The monoisotopic (exact) mass is 174 g/mol. The summed E-state index contributed by atoms with van der Waals surface area (Å²) in [7, 11) is 0. The van der Waals surface area contributed by atoms with Crippen LogP contribution in [0.15, 0.2) is 0 Å². The third-order valence-corrected chi connectivity index (χ3v) is 1.56. The highest BCUT2D eigenvalue weighted by molar-refractivity contribution is 5.73. The van der Waals surface area contributed by atoms with Crippen LogP contribution >= 0.6 is 0 Å². The number of carbonyl (C=O) groups excluding carboxylic acids is 1. The molecule has 1 rings (SSSR count). The van der Waals surface area contributed by atoms with Crippen LogP contribution in [-0.2, 0) is 19.0 Å². The van der Waals surface area contributed by atoms with Crippen LogP contribution in [0.5, 0.6) is 0 Å². The standard InChI is InChI=1S/C8H14O4/c1-2-3-4-10-7(9)8-11-5-6-12-8/h8H,2-6H2,1H3. The molecule has 0 aliphatic carbocycles. The molecule has 0 atom stereocenters. The fourth-order valence-corrected chi connectivity index (χ4v) is 0.880. The molecular weight excluding hydrogens is 160 g/mol. The van der Waals surface area contributed by atoms with Gasteiger partial charge in [0.2, 0.25) is 0 Å². The van der Waals surface area contributed by atoms with E-state index >= 15 is 0 Å². The molecule has 1 aliphatic rings. The molecule has 1 aliphatic heterocycles.